The molecule has 4 atom stereocenters. The molecule has 1 aliphatic rings. The van der Waals surface area contributed by atoms with Gasteiger partial charge in [-0.1, -0.05) is 73.5 Å². The third-order valence-electron chi connectivity index (χ3n) is 6.75. The molecule has 3 nitrogen and oxygen atoms in total. The third-order valence-corrected chi connectivity index (χ3v) is 7.25. The normalized spacial score (nSPS) is 22.8. The van der Waals surface area contributed by atoms with Crippen LogP contribution in [0, 0.1) is 5.41 Å². The lowest BCUT2D eigenvalue weighted by molar-refractivity contribution is -0.259. The van der Waals surface area contributed by atoms with Gasteiger partial charge in [0.15, 0.2) is 5.60 Å². The maximum Gasteiger partial charge on any atom is 0.416 e. The van der Waals surface area contributed by atoms with E-state index in [-0.39, 0.29) is 11.9 Å². The standard InChI is InChI=1S/C22H29ClF3NO2.C6H5Cl/c1-5-12-20(3)13-11-18(15-7-9-16(23)10-8-15)27(19(20)28)17(6-2)14-21(4,29)22(24,25)26;7-6-4-2-1-3-5-6/h5,7-10,17-18,29H,1,6,11-14H2,2-4H3;1-5H/t17?,18?,20-,21+;/m0./s1. The first-order valence-corrected chi connectivity index (χ1v) is 12.7. The van der Waals surface area contributed by atoms with Crippen molar-refractivity contribution in [2.45, 2.75) is 76.7 Å². The fourth-order valence-electron chi connectivity index (χ4n) is 4.52. The van der Waals surface area contributed by atoms with E-state index in [0.717, 1.165) is 17.5 Å². The number of piperidine rings is 1. The van der Waals surface area contributed by atoms with Crippen molar-refractivity contribution in [3.05, 3.63) is 82.9 Å². The second-order valence-corrected chi connectivity index (χ2v) is 10.6. The van der Waals surface area contributed by atoms with E-state index in [1.807, 2.05) is 37.3 Å². The van der Waals surface area contributed by atoms with Crippen molar-refractivity contribution < 1.29 is 23.1 Å². The summed E-state index contributed by atoms with van der Waals surface area (Å²) >= 11 is 11.5. The molecule has 0 aliphatic carbocycles. The minimum atomic E-state index is -4.78. The Morgan fingerprint density at radius 1 is 1.14 bits per heavy atom. The third kappa shape index (κ3) is 7.50. The predicted octanol–water partition coefficient (Wildman–Crippen LogP) is 8.41. The van der Waals surface area contributed by atoms with Crippen molar-refractivity contribution in [1.29, 1.82) is 0 Å². The van der Waals surface area contributed by atoms with Gasteiger partial charge in [-0.2, -0.15) is 13.2 Å². The largest absolute Gasteiger partial charge is 0.416 e. The Morgan fingerprint density at radius 3 is 2.14 bits per heavy atom. The summed E-state index contributed by atoms with van der Waals surface area (Å²) in [7, 11) is 0. The van der Waals surface area contributed by atoms with Crippen LogP contribution in [0.5, 0.6) is 0 Å². The number of likely N-dealkylation sites (tertiary alicyclic amines) is 1. The summed E-state index contributed by atoms with van der Waals surface area (Å²) < 4.78 is 40.1. The smallest absolute Gasteiger partial charge is 0.381 e. The Morgan fingerprint density at radius 2 is 1.69 bits per heavy atom. The molecule has 1 aliphatic heterocycles. The van der Waals surface area contributed by atoms with Gasteiger partial charge in [0, 0.05) is 22.5 Å². The zero-order chi connectivity index (χ0) is 27.1. The minimum Gasteiger partial charge on any atom is -0.381 e. The number of amides is 1. The van der Waals surface area contributed by atoms with Crippen LogP contribution in [0.3, 0.4) is 0 Å². The van der Waals surface area contributed by atoms with Crippen LogP contribution in [-0.2, 0) is 4.79 Å². The van der Waals surface area contributed by atoms with Gasteiger partial charge in [-0.05, 0) is 62.4 Å². The SMILES string of the molecule is C=CC[C@@]1(C)CCC(c2ccc(Cl)cc2)N(C(CC)C[C@@](C)(O)C(F)(F)F)C1=O.Clc1ccccc1. The van der Waals surface area contributed by atoms with Crippen molar-refractivity contribution in [3.63, 3.8) is 0 Å². The molecule has 36 heavy (non-hydrogen) atoms. The van der Waals surface area contributed by atoms with Gasteiger partial charge in [-0.15, -0.1) is 6.58 Å². The number of carbonyl (C=O) groups excluding carboxylic acids is 1. The summed E-state index contributed by atoms with van der Waals surface area (Å²) in [5.41, 5.74) is -2.78. The molecule has 0 aromatic heterocycles. The molecule has 0 bridgehead atoms. The number of rotatable bonds is 7. The molecule has 2 aromatic rings. The molecule has 8 heteroatoms. The minimum absolute atomic E-state index is 0.201. The first-order valence-electron chi connectivity index (χ1n) is 11.9. The fourth-order valence-corrected chi connectivity index (χ4v) is 4.80. The highest BCUT2D eigenvalue weighted by Crippen LogP contribution is 2.46. The molecule has 1 amide bonds. The molecule has 3 rings (SSSR count). The van der Waals surface area contributed by atoms with Crippen molar-refractivity contribution in [3.8, 4) is 0 Å². The average Bonchev–Trinajstić information content (AvgIpc) is 2.81. The van der Waals surface area contributed by atoms with E-state index in [1.165, 1.54) is 0 Å². The number of hydrogen-bond acceptors (Lipinski definition) is 2. The summed E-state index contributed by atoms with van der Waals surface area (Å²) in [5.74, 6) is -0.201. The fraction of sp³-hybridized carbons (Fsp3) is 0.464. The molecule has 2 aromatic carbocycles. The second-order valence-electron chi connectivity index (χ2n) is 9.71. The highest BCUT2D eigenvalue weighted by molar-refractivity contribution is 6.30. The number of alkyl halides is 3. The Hall–Kier alpha value is -2.02. The number of carbonyl (C=O) groups is 1. The van der Waals surface area contributed by atoms with E-state index in [2.05, 4.69) is 6.58 Å². The molecule has 198 valence electrons. The maximum atomic E-state index is 13.5. The summed E-state index contributed by atoms with van der Waals surface area (Å²) in [5, 5.41) is 11.4. The second kappa shape index (κ2) is 12.5. The van der Waals surface area contributed by atoms with E-state index in [0.29, 0.717) is 30.7 Å². The molecule has 1 saturated heterocycles. The van der Waals surface area contributed by atoms with Gasteiger partial charge in [0.2, 0.25) is 5.91 Å². The number of allylic oxidation sites excluding steroid dienone is 1. The van der Waals surface area contributed by atoms with Gasteiger partial charge in [-0.25, -0.2) is 0 Å². The average molecular weight is 544 g/mol. The molecule has 1 N–H and O–H groups in total. The lowest BCUT2D eigenvalue weighted by atomic mass is 9.73. The summed E-state index contributed by atoms with van der Waals surface area (Å²) in [6, 6.07) is 15.3. The van der Waals surface area contributed by atoms with Crippen molar-refractivity contribution in [2.24, 2.45) is 5.41 Å². The molecule has 0 radical (unpaired) electrons. The molecule has 1 heterocycles. The molecule has 0 spiro atoms. The highest BCUT2D eigenvalue weighted by atomic mass is 35.5. The summed E-state index contributed by atoms with van der Waals surface area (Å²) in [4.78, 5) is 15.1. The first kappa shape index (κ1) is 30.2. The van der Waals surface area contributed by atoms with Crippen molar-refractivity contribution in [2.75, 3.05) is 0 Å². The number of hydrogen-bond donors (Lipinski definition) is 1. The van der Waals surface area contributed by atoms with Gasteiger partial charge >= 0.3 is 6.18 Å². The maximum absolute atomic E-state index is 13.5. The first-order chi connectivity index (χ1) is 16.8. The molecule has 2 unspecified atom stereocenters. The Bertz CT molecular complexity index is 996. The van der Waals surface area contributed by atoms with Gasteiger partial charge in [0.1, 0.15) is 0 Å². The quantitative estimate of drug-likeness (QED) is 0.356. The summed E-state index contributed by atoms with van der Waals surface area (Å²) in [6.45, 7) is 8.07. The van der Waals surface area contributed by atoms with Crippen LogP contribution >= 0.6 is 23.2 Å². The van der Waals surface area contributed by atoms with Crippen LogP contribution in [0.1, 0.15) is 64.5 Å². The van der Waals surface area contributed by atoms with Gasteiger partial charge in [-0.3, -0.25) is 4.79 Å². The van der Waals surface area contributed by atoms with Crippen LogP contribution in [0.2, 0.25) is 10.0 Å². The number of aliphatic hydroxyl groups is 1. The van der Waals surface area contributed by atoms with Crippen LogP contribution in [0.4, 0.5) is 13.2 Å². The lowest BCUT2D eigenvalue weighted by Crippen LogP contribution is -2.56. The van der Waals surface area contributed by atoms with Crippen LogP contribution in [0.25, 0.3) is 0 Å². The Balaban J connectivity index is 0.000000558. The van der Waals surface area contributed by atoms with Crippen molar-refractivity contribution in [1.82, 2.24) is 4.90 Å². The zero-order valence-electron chi connectivity index (χ0n) is 20.9. The van der Waals surface area contributed by atoms with Crippen LogP contribution in [-0.4, -0.2) is 33.7 Å². The molecule has 0 saturated carbocycles. The topological polar surface area (TPSA) is 40.5 Å². The van der Waals surface area contributed by atoms with E-state index < -0.39 is 29.7 Å². The van der Waals surface area contributed by atoms with E-state index in [1.54, 1.807) is 42.2 Å². The van der Waals surface area contributed by atoms with Gasteiger partial charge in [0.05, 0.1) is 11.5 Å². The van der Waals surface area contributed by atoms with E-state index in [9.17, 15) is 23.1 Å². The lowest BCUT2D eigenvalue weighted by Gasteiger charge is -2.49. The molecular weight excluding hydrogens is 510 g/mol. The molecular formula is C28H34Cl2F3NO2. The Labute approximate surface area is 221 Å². The van der Waals surface area contributed by atoms with Crippen LogP contribution < -0.4 is 0 Å². The van der Waals surface area contributed by atoms with Crippen LogP contribution in [0.15, 0.2) is 67.3 Å². The zero-order valence-corrected chi connectivity index (χ0v) is 22.4. The monoisotopic (exact) mass is 543 g/mol. The number of halogens is 5. The van der Waals surface area contributed by atoms with E-state index in [4.69, 9.17) is 23.2 Å². The predicted molar refractivity (Wildman–Crippen MR) is 140 cm³/mol. The number of nitrogens with zero attached hydrogens (tertiary/aromatic N) is 1. The summed E-state index contributed by atoms with van der Waals surface area (Å²) in [6.07, 6.45) is -1.72. The van der Waals surface area contributed by atoms with Gasteiger partial charge < -0.3 is 10.0 Å². The Kier molecular flexibility index (Phi) is 10.5. The highest BCUT2D eigenvalue weighted by Gasteiger charge is 2.53. The van der Waals surface area contributed by atoms with Crippen molar-refractivity contribution >= 4 is 29.1 Å². The van der Waals surface area contributed by atoms with E-state index >= 15 is 0 Å². The molecule has 1 fully saturated rings. The number of benzene rings is 2. The van der Waals surface area contributed by atoms with Gasteiger partial charge in [0.25, 0.3) is 0 Å².